The Kier molecular flexibility index (Phi) is 3.85. The molecule has 0 aromatic heterocycles. The number of allylic oxidation sites excluding steroid dienone is 1. The van der Waals surface area contributed by atoms with Gasteiger partial charge >= 0.3 is 0 Å². The number of Topliss-reactive ketones (excluding diaryl/α,β-unsaturated/α-hetero) is 1. The van der Waals surface area contributed by atoms with Crippen LogP contribution in [0.25, 0.3) is 0 Å². The molecule has 1 aliphatic rings. The molecule has 1 atom stereocenters. The molecule has 0 bridgehead atoms. The van der Waals surface area contributed by atoms with Crippen LogP contribution < -0.4 is 4.74 Å². The SMILES string of the molecule is C=CC[C@]1(c2cccc(OC)c2)CCCCC1=O. The Balaban J connectivity index is 2.44. The van der Waals surface area contributed by atoms with Crippen molar-refractivity contribution < 1.29 is 9.53 Å². The van der Waals surface area contributed by atoms with E-state index in [1.807, 2.05) is 30.3 Å². The molecule has 0 N–H and O–H groups in total. The van der Waals surface area contributed by atoms with Gasteiger partial charge in [0.15, 0.2) is 0 Å². The lowest BCUT2D eigenvalue weighted by molar-refractivity contribution is -0.126. The first-order valence-electron chi connectivity index (χ1n) is 6.52. The van der Waals surface area contributed by atoms with Crippen molar-refractivity contribution in [1.82, 2.24) is 0 Å². The maximum atomic E-state index is 12.4. The molecule has 18 heavy (non-hydrogen) atoms. The Labute approximate surface area is 109 Å². The smallest absolute Gasteiger partial charge is 0.143 e. The first-order valence-corrected chi connectivity index (χ1v) is 6.52. The van der Waals surface area contributed by atoms with Crippen molar-refractivity contribution in [1.29, 1.82) is 0 Å². The first-order chi connectivity index (χ1) is 8.73. The number of rotatable bonds is 4. The number of ketones is 1. The number of benzene rings is 1. The van der Waals surface area contributed by atoms with Crippen molar-refractivity contribution in [3.05, 3.63) is 42.5 Å². The topological polar surface area (TPSA) is 26.3 Å². The summed E-state index contributed by atoms with van der Waals surface area (Å²) in [6.45, 7) is 3.82. The van der Waals surface area contributed by atoms with Crippen molar-refractivity contribution in [3.8, 4) is 5.75 Å². The summed E-state index contributed by atoms with van der Waals surface area (Å²) in [4.78, 5) is 12.4. The molecule has 0 amide bonds. The second-order valence-corrected chi connectivity index (χ2v) is 4.94. The minimum atomic E-state index is -0.367. The third kappa shape index (κ3) is 2.20. The summed E-state index contributed by atoms with van der Waals surface area (Å²) < 4.78 is 5.27. The molecule has 2 rings (SSSR count). The highest BCUT2D eigenvalue weighted by Gasteiger charge is 2.40. The van der Waals surface area contributed by atoms with E-state index in [2.05, 4.69) is 6.58 Å². The van der Waals surface area contributed by atoms with Gasteiger partial charge in [0.25, 0.3) is 0 Å². The molecule has 1 aromatic rings. The molecule has 0 radical (unpaired) electrons. The van der Waals surface area contributed by atoms with E-state index in [1.54, 1.807) is 7.11 Å². The predicted molar refractivity (Wildman–Crippen MR) is 73.0 cm³/mol. The highest BCUT2D eigenvalue weighted by atomic mass is 16.5. The van der Waals surface area contributed by atoms with Crippen LogP contribution in [0.2, 0.25) is 0 Å². The largest absolute Gasteiger partial charge is 0.497 e. The van der Waals surface area contributed by atoms with E-state index in [-0.39, 0.29) is 5.41 Å². The van der Waals surface area contributed by atoms with Crippen LogP contribution in [0.15, 0.2) is 36.9 Å². The number of ether oxygens (including phenoxy) is 1. The minimum absolute atomic E-state index is 0.349. The zero-order valence-corrected chi connectivity index (χ0v) is 10.9. The van der Waals surface area contributed by atoms with E-state index < -0.39 is 0 Å². The van der Waals surface area contributed by atoms with Gasteiger partial charge in [-0.2, -0.15) is 0 Å². The van der Waals surface area contributed by atoms with E-state index >= 15 is 0 Å². The van der Waals surface area contributed by atoms with Crippen LogP contribution in [0.4, 0.5) is 0 Å². The van der Waals surface area contributed by atoms with Crippen molar-refractivity contribution in [2.24, 2.45) is 0 Å². The maximum Gasteiger partial charge on any atom is 0.143 e. The molecule has 1 aliphatic carbocycles. The quantitative estimate of drug-likeness (QED) is 0.756. The monoisotopic (exact) mass is 244 g/mol. The van der Waals surface area contributed by atoms with Gasteiger partial charge in [-0.25, -0.2) is 0 Å². The summed E-state index contributed by atoms with van der Waals surface area (Å²) in [6.07, 6.45) is 6.32. The average molecular weight is 244 g/mol. The highest BCUT2D eigenvalue weighted by Crippen LogP contribution is 2.40. The summed E-state index contributed by atoms with van der Waals surface area (Å²) in [5.74, 6) is 1.16. The molecule has 2 nitrogen and oxygen atoms in total. The van der Waals surface area contributed by atoms with Gasteiger partial charge in [-0.15, -0.1) is 6.58 Å². The lowest BCUT2D eigenvalue weighted by Crippen LogP contribution is -2.38. The minimum Gasteiger partial charge on any atom is -0.497 e. The van der Waals surface area contributed by atoms with Crippen LogP contribution in [-0.4, -0.2) is 12.9 Å². The van der Waals surface area contributed by atoms with Gasteiger partial charge in [0, 0.05) is 6.42 Å². The summed E-state index contributed by atoms with van der Waals surface area (Å²) in [5, 5.41) is 0. The number of hydrogen-bond acceptors (Lipinski definition) is 2. The fraction of sp³-hybridized carbons (Fsp3) is 0.438. The molecule has 1 aromatic carbocycles. The average Bonchev–Trinajstić information content (AvgIpc) is 2.42. The normalized spacial score (nSPS) is 23.7. The Hall–Kier alpha value is -1.57. The molecular formula is C16H20O2. The highest BCUT2D eigenvalue weighted by molar-refractivity contribution is 5.91. The fourth-order valence-electron chi connectivity index (χ4n) is 2.90. The Morgan fingerprint density at radius 3 is 2.94 bits per heavy atom. The molecule has 0 saturated heterocycles. The van der Waals surface area contributed by atoms with Gasteiger partial charge < -0.3 is 4.74 Å². The molecule has 0 spiro atoms. The van der Waals surface area contributed by atoms with Crippen LogP contribution in [0.5, 0.6) is 5.75 Å². The van der Waals surface area contributed by atoms with Crippen molar-refractivity contribution in [2.75, 3.05) is 7.11 Å². The van der Waals surface area contributed by atoms with Crippen molar-refractivity contribution in [2.45, 2.75) is 37.5 Å². The summed E-state index contributed by atoms with van der Waals surface area (Å²) >= 11 is 0. The number of carbonyl (C=O) groups excluding carboxylic acids is 1. The lowest BCUT2D eigenvalue weighted by Gasteiger charge is -2.35. The molecule has 96 valence electrons. The molecule has 1 saturated carbocycles. The van der Waals surface area contributed by atoms with Crippen molar-refractivity contribution in [3.63, 3.8) is 0 Å². The van der Waals surface area contributed by atoms with E-state index in [1.165, 1.54) is 0 Å². The van der Waals surface area contributed by atoms with Gasteiger partial charge in [0.1, 0.15) is 11.5 Å². The van der Waals surface area contributed by atoms with Crippen LogP contribution in [0.3, 0.4) is 0 Å². The van der Waals surface area contributed by atoms with Gasteiger partial charge in [-0.3, -0.25) is 4.79 Å². The van der Waals surface area contributed by atoms with Gasteiger partial charge in [-0.1, -0.05) is 24.6 Å². The molecule has 0 aliphatic heterocycles. The Morgan fingerprint density at radius 1 is 1.44 bits per heavy atom. The zero-order valence-electron chi connectivity index (χ0n) is 10.9. The van der Waals surface area contributed by atoms with Crippen LogP contribution in [0, 0.1) is 0 Å². The third-order valence-corrected chi connectivity index (χ3v) is 3.91. The molecule has 0 heterocycles. The molecule has 1 fully saturated rings. The van der Waals surface area contributed by atoms with E-state index in [9.17, 15) is 4.79 Å². The lowest BCUT2D eigenvalue weighted by atomic mass is 9.66. The first kappa shape index (κ1) is 12.9. The van der Waals surface area contributed by atoms with Crippen LogP contribution in [0.1, 0.15) is 37.7 Å². The van der Waals surface area contributed by atoms with Crippen molar-refractivity contribution >= 4 is 5.78 Å². The number of hydrogen-bond donors (Lipinski definition) is 0. The predicted octanol–water partition coefficient (Wildman–Crippen LogP) is 3.65. The van der Waals surface area contributed by atoms with Crippen LogP contribution >= 0.6 is 0 Å². The summed E-state index contributed by atoms with van der Waals surface area (Å²) in [5.41, 5.74) is 0.709. The van der Waals surface area contributed by atoms with Gasteiger partial charge in [-0.05, 0) is 37.0 Å². The third-order valence-electron chi connectivity index (χ3n) is 3.91. The standard InChI is InChI=1S/C16H20O2/c1-3-10-16(11-5-4-9-15(16)17)13-7-6-8-14(12-13)18-2/h3,6-8,12H,1,4-5,9-11H2,2H3/t16-/m1/s1. The number of carbonyl (C=O) groups is 1. The molecular weight excluding hydrogens is 224 g/mol. The van der Waals surface area contributed by atoms with Crippen LogP contribution in [-0.2, 0) is 10.2 Å². The Bertz CT molecular complexity index is 450. The Morgan fingerprint density at radius 2 is 2.28 bits per heavy atom. The summed E-state index contributed by atoms with van der Waals surface area (Å²) in [6, 6.07) is 7.90. The van der Waals surface area contributed by atoms with Gasteiger partial charge in [0.2, 0.25) is 0 Å². The molecule has 0 unspecified atom stereocenters. The molecule has 2 heteroatoms. The van der Waals surface area contributed by atoms with E-state index in [4.69, 9.17) is 4.74 Å². The van der Waals surface area contributed by atoms with E-state index in [0.717, 1.165) is 37.0 Å². The second kappa shape index (κ2) is 5.38. The second-order valence-electron chi connectivity index (χ2n) is 4.94. The van der Waals surface area contributed by atoms with E-state index in [0.29, 0.717) is 12.2 Å². The summed E-state index contributed by atoms with van der Waals surface area (Å²) in [7, 11) is 1.65. The number of methoxy groups -OCH3 is 1. The zero-order chi connectivity index (χ0) is 13.0. The van der Waals surface area contributed by atoms with Gasteiger partial charge in [0.05, 0.1) is 12.5 Å². The fourth-order valence-corrected chi connectivity index (χ4v) is 2.90. The maximum absolute atomic E-state index is 12.4.